The van der Waals surface area contributed by atoms with Gasteiger partial charge in [0.2, 0.25) is 0 Å². The topological polar surface area (TPSA) is 91.1 Å². The molecule has 0 saturated carbocycles. The van der Waals surface area contributed by atoms with Crippen LogP contribution in [0.25, 0.3) is 0 Å². The molecular weight excluding hydrogens is 381 g/mol. The Bertz CT molecular complexity index is 878. The van der Waals surface area contributed by atoms with Crippen molar-refractivity contribution in [3.8, 4) is 0 Å². The monoisotopic (exact) mass is 411 g/mol. The maximum Gasteiger partial charge on any atom is 0.147 e. The standard InChI is InChI=1S/C22H30FN7/c23-17-6-2-1-5-15(17)22-16-10-18(26-12-19(16)28-29-22)20-11-25-13-21(27-20)30-8-3-4-14(24)7-9-30/h1-2,5-6,11,13-14,16,18-19,22,26,28-29H,3-4,7-10,12,24H2/t14-,16?,18?,19?,22?/m0/s1. The van der Waals surface area contributed by atoms with Crippen LogP contribution in [-0.2, 0) is 0 Å². The zero-order valence-electron chi connectivity index (χ0n) is 17.1. The van der Waals surface area contributed by atoms with Gasteiger partial charge in [-0.1, -0.05) is 18.2 Å². The molecule has 4 unspecified atom stereocenters. The van der Waals surface area contributed by atoms with Gasteiger partial charge in [-0.3, -0.25) is 10.4 Å². The molecule has 0 bridgehead atoms. The molecule has 0 spiro atoms. The molecular formula is C22H30FN7. The molecule has 1 aromatic heterocycles. The first-order chi connectivity index (χ1) is 14.7. The van der Waals surface area contributed by atoms with Crippen LogP contribution in [0.2, 0.25) is 0 Å². The van der Waals surface area contributed by atoms with Crippen LogP contribution in [-0.4, -0.2) is 41.7 Å². The summed E-state index contributed by atoms with van der Waals surface area (Å²) in [4.78, 5) is 11.8. The molecule has 3 fully saturated rings. The van der Waals surface area contributed by atoms with Crippen molar-refractivity contribution < 1.29 is 4.39 Å². The Kier molecular flexibility index (Phi) is 5.64. The highest BCUT2D eigenvalue weighted by Gasteiger charge is 2.42. The first-order valence-electron chi connectivity index (χ1n) is 11.0. The van der Waals surface area contributed by atoms with Crippen LogP contribution in [0.4, 0.5) is 10.2 Å². The molecule has 5 N–H and O–H groups in total. The molecule has 3 saturated heterocycles. The lowest BCUT2D eigenvalue weighted by atomic mass is 9.81. The van der Waals surface area contributed by atoms with Gasteiger partial charge in [0.1, 0.15) is 11.6 Å². The van der Waals surface area contributed by atoms with Gasteiger partial charge in [-0.15, -0.1) is 0 Å². The number of hydrazine groups is 1. The molecule has 1 aromatic carbocycles. The number of piperidine rings is 1. The summed E-state index contributed by atoms with van der Waals surface area (Å²) in [6.45, 7) is 2.70. The largest absolute Gasteiger partial charge is 0.355 e. The molecule has 0 radical (unpaired) electrons. The minimum Gasteiger partial charge on any atom is -0.355 e. The fourth-order valence-corrected chi connectivity index (χ4v) is 5.07. The maximum atomic E-state index is 14.4. The fraction of sp³-hybridized carbons (Fsp3) is 0.545. The number of hydrogen-bond acceptors (Lipinski definition) is 7. The first kappa shape index (κ1) is 19.8. The third kappa shape index (κ3) is 3.92. The molecule has 2 aromatic rings. The van der Waals surface area contributed by atoms with E-state index in [0.29, 0.717) is 0 Å². The summed E-state index contributed by atoms with van der Waals surface area (Å²) in [5, 5.41) is 3.61. The molecule has 5 atom stereocenters. The second kappa shape index (κ2) is 8.55. The van der Waals surface area contributed by atoms with Gasteiger partial charge in [0.15, 0.2) is 0 Å². The highest BCUT2D eigenvalue weighted by Crippen LogP contribution is 2.38. The van der Waals surface area contributed by atoms with Crippen LogP contribution in [0.15, 0.2) is 36.7 Å². The molecule has 0 amide bonds. The van der Waals surface area contributed by atoms with Crippen LogP contribution >= 0.6 is 0 Å². The summed E-state index contributed by atoms with van der Waals surface area (Å²) < 4.78 is 14.4. The average molecular weight is 412 g/mol. The van der Waals surface area contributed by atoms with E-state index in [9.17, 15) is 4.39 Å². The number of nitrogens with one attached hydrogen (secondary N) is 3. The summed E-state index contributed by atoms with van der Waals surface area (Å²) in [6.07, 6.45) is 7.71. The number of anilines is 1. The van der Waals surface area contributed by atoms with Crippen LogP contribution in [0.3, 0.4) is 0 Å². The number of halogens is 1. The number of aromatic nitrogens is 2. The quantitative estimate of drug-likeness (QED) is 0.612. The van der Waals surface area contributed by atoms with Gasteiger partial charge in [-0.05, 0) is 37.7 Å². The summed E-state index contributed by atoms with van der Waals surface area (Å²) >= 11 is 0. The van der Waals surface area contributed by atoms with E-state index in [4.69, 9.17) is 10.7 Å². The van der Waals surface area contributed by atoms with Crippen molar-refractivity contribution in [2.75, 3.05) is 24.5 Å². The van der Waals surface area contributed by atoms with Crippen molar-refractivity contribution >= 4 is 5.82 Å². The number of rotatable bonds is 3. The Morgan fingerprint density at radius 3 is 2.90 bits per heavy atom. The van der Waals surface area contributed by atoms with Gasteiger partial charge >= 0.3 is 0 Å². The molecule has 4 heterocycles. The Morgan fingerprint density at radius 1 is 1.10 bits per heavy atom. The van der Waals surface area contributed by atoms with Crippen molar-refractivity contribution in [2.45, 2.75) is 49.9 Å². The number of nitrogens with zero attached hydrogens (tertiary/aromatic N) is 3. The lowest BCUT2D eigenvalue weighted by molar-refractivity contribution is 0.261. The van der Waals surface area contributed by atoms with E-state index < -0.39 is 0 Å². The smallest absolute Gasteiger partial charge is 0.147 e. The van der Waals surface area contributed by atoms with Crippen LogP contribution in [0.1, 0.15) is 49.0 Å². The fourth-order valence-electron chi connectivity index (χ4n) is 5.07. The Morgan fingerprint density at radius 2 is 2.00 bits per heavy atom. The van der Waals surface area contributed by atoms with E-state index in [2.05, 4.69) is 26.1 Å². The Hall–Kier alpha value is -2.13. The lowest BCUT2D eigenvalue weighted by Gasteiger charge is -2.34. The third-order valence-corrected chi connectivity index (χ3v) is 6.80. The van der Waals surface area contributed by atoms with Crippen LogP contribution < -0.4 is 26.8 Å². The van der Waals surface area contributed by atoms with Gasteiger partial charge in [0, 0.05) is 37.3 Å². The first-order valence-corrected chi connectivity index (χ1v) is 11.0. The van der Waals surface area contributed by atoms with Crippen LogP contribution in [0, 0.1) is 11.7 Å². The van der Waals surface area contributed by atoms with Gasteiger partial charge in [0.25, 0.3) is 0 Å². The molecule has 3 aliphatic rings. The molecule has 160 valence electrons. The molecule has 30 heavy (non-hydrogen) atoms. The van der Waals surface area contributed by atoms with Crippen LogP contribution in [0.5, 0.6) is 0 Å². The van der Waals surface area contributed by atoms with Gasteiger partial charge in [-0.25, -0.2) is 14.8 Å². The van der Waals surface area contributed by atoms with Gasteiger partial charge < -0.3 is 16.0 Å². The van der Waals surface area contributed by atoms with E-state index in [1.54, 1.807) is 6.07 Å². The zero-order valence-corrected chi connectivity index (χ0v) is 17.1. The van der Waals surface area contributed by atoms with E-state index in [1.807, 2.05) is 24.5 Å². The summed E-state index contributed by atoms with van der Waals surface area (Å²) in [7, 11) is 0. The molecule has 8 heteroatoms. The lowest BCUT2D eigenvalue weighted by Crippen LogP contribution is -2.46. The predicted octanol–water partition coefficient (Wildman–Crippen LogP) is 1.80. The van der Waals surface area contributed by atoms with Crippen molar-refractivity contribution in [3.63, 3.8) is 0 Å². The molecule has 3 aliphatic heterocycles. The minimum absolute atomic E-state index is 0.0518. The SMILES string of the molecule is N[C@H]1CCCN(c2cncc(C3CC4C(CN3)NNC4c3ccccc3F)n2)CC1. The van der Waals surface area contributed by atoms with Crippen molar-refractivity contribution in [3.05, 3.63) is 53.7 Å². The average Bonchev–Trinajstić information content (AvgIpc) is 3.07. The molecule has 5 rings (SSSR count). The molecule has 7 nitrogen and oxygen atoms in total. The Balaban J connectivity index is 1.34. The van der Waals surface area contributed by atoms with E-state index >= 15 is 0 Å². The highest BCUT2D eigenvalue weighted by molar-refractivity contribution is 5.37. The van der Waals surface area contributed by atoms with E-state index in [0.717, 1.165) is 62.4 Å². The van der Waals surface area contributed by atoms with Crippen molar-refractivity contribution in [1.82, 2.24) is 26.1 Å². The Labute approximate surface area is 176 Å². The number of benzene rings is 1. The second-order valence-corrected chi connectivity index (χ2v) is 8.73. The van der Waals surface area contributed by atoms with E-state index in [1.165, 1.54) is 6.07 Å². The number of fused-ring (bicyclic) bond motifs is 1. The highest BCUT2D eigenvalue weighted by atomic mass is 19.1. The van der Waals surface area contributed by atoms with Crippen molar-refractivity contribution in [1.29, 1.82) is 0 Å². The summed E-state index contributed by atoms with van der Waals surface area (Å²) in [5.74, 6) is 1.04. The zero-order chi connectivity index (χ0) is 20.5. The maximum absolute atomic E-state index is 14.4. The number of hydrogen-bond donors (Lipinski definition) is 4. The normalized spacial score (nSPS) is 31.9. The van der Waals surface area contributed by atoms with Gasteiger partial charge in [0.05, 0.1) is 30.2 Å². The molecule has 0 aliphatic carbocycles. The van der Waals surface area contributed by atoms with E-state index in [-0.39, 0.29) is 35.9 Å². The summed E-state index contributed by atoms with van der Waals surface area (Å²) in [5.41, 5.74) is 14.5. The van der Waals surface area contributed by atoms with Crippen molar-refractivity contribution in [2.24, 2.45) is 11.7 Å². The summed E-state index contributed by atoms with van der Waals surface area (Å²) in [6, 6.07) is 7.63. The minimum atomic E-state index is -0.159. The predicted molar refractivity (Wildman–Crippen MR) is 114 cm³/mol. The third-order valence-electron chi connectivity index (χ3n) is 6.80. The second-order valence-electron chi connectivity index (χ2n) is 8.73. The van der Waals surface area contributed by atoms with Gasteiger partial charge in [-0.2, -0.15) is 0 Å². The number of nitrogens with two attached hydrogens (primary N) is 1.